The molecule has 2 aliphatic rings. The van der Waals surface area contributed by atoms with Crippen LogP contribution >= 0.6 is 0 Å². The summed E-state index contributed by atoms with van der Waals surface area (Å²) in [6.45, 7) is 9.88. The van der Waals surface area contributed by atoms with Crippen molar-refractivity contribution in [3.8, 4) is 5.75 Å². The fourth-order valence-electron chi connectivity index (χ4n) is 3.47. The van der Waals surface area contributed by atoms with Crippen molar-refractivity contribution in [2.45, 2.75) is 32.8 Å². The molecule has 1 aromatic rings. The number of carbonyl (C=O) groups excluding carboxylic acids is 1. The number of rotatable bonds is 5. The Balaban J connectivity index is 1.40. The highest BCUT2D eigenvalue weighted by molar-refractivity contribution is 5.81. The molecule has 0 aliphatic carbocycles. The van der Waals surface area contributed by atoms with Crippen molar-refractivity contribution in [1.29, 1.82) is 0 Å². The van der Waals surface area contributed by atoms with Gasteiger partial charge >= 0.3 is 0 Å². The van der Waals surface area contributed by atoms with Crippen molar-refractivity contribution in [3.05, 3.63) is 29.3 Å². The highest BCUT2D eigenvalue weighted by atomic mass is 16.5. The number of aryl methyl sites for hydroxylation is 2. The molecule has 0 aromatic heterocycles. The van der Waals surface area contributed by atoms with Gasteiger partial charge in [0.05, 0.1) is 0 Å². The fourth-order valence-corrected chi connectivity index (χ4v) is 3.47. The number of ether oxygens (including phenoxy) is 2. The lowest BCUT2D eigenvalue weighted by molar-refractivity contribution is -0.142. The van der Waals surface area contributed by atoms with Crippen molar-refractivity contribution in [1.82, 2.24) is 9.80 Å². The summed E-state index contributed by atoms with van der Waals surface area (Å²) in [6, 6.07) is 6.22. The van der Waals surface area contributed by atoms with Crippen LogP contribution in [0.1, 0.15) is 24.0 Å². The fraction of sp³-hybridized carbons (Fsp3) is 0.632. The van der Waals surface area contributed by atoms with E-state index in [-0.39, 0.29) is 12.0 Å². The van der Waals surface area contributed by atoms with Gasteiger partial charge in [0, 0.05) is 39.3 Å². The Morgan fingerprint density at radius 2 is 1.92 bits per heavy atom. The van der Waals surface area contributed by atoms with Gasteiger partial charge in [0.2, 0.25) is 0 Å². The largest absolute Gasteiger partial charge is 0.492 e. The molecular weight excluding hydrogens is 304 g/mol. The van der Waals surface area contributed by atoms with Crippen molar-refractivity contribution < 1.29 is 14.3 Å². The molecule has 2 heterocycles. The van der Waals surface area contributed by atoms with Gasteiger partial charge in [-0.05, 0) is 37.8 Å². The predicted octanol–water partition coefficient (Wildman–Crippen LogP) is 2.01. The third-order valence-electron chi connectivity index (χ3n) is 4.95. The molecule has 5 heteroatoms. The van der Waals surface area contributed by atoms with Crippen LogP contribution in [0.25, 0.3) is 0 Å². The molecule has 5 nitrogen and oxygen atoms in total. The molecule has 132 valence electrons. The Hall–Kier alpha value is -1.59. The molecule has 0 bridgehead atoms. The standard InChI is InChI=1S/C19H28N2O3/c1-15-5-3-6-16(2)18(15)24-14-12-20-8-10-21(11-9-20)19(22)17-7-4-13-23-17/h3,5-6,17H,4,7-14H2,1-2H3. The molecule has 2 aliphatic heterocycles. The predicted molar refractivity (Wildman–Crippen MR) is 93.4 cm³/mol. The summed E-state index contributed by atoms with van der Waals surface area (Å²) < 4.78 is 11.5. The van der Waals surface area contributed by atoms with Crippen molar-refractivity contribution >= 4 is 5.91 Å². The van der Waals surface area contributed by atoms with E-state index in [2.05, 4.69) is 36.9 Å². The zero-order valence-corrected chi connectivity index (χ0v) is 14.8. The number of hydrogen-bond acceptors (Lipinski definition) is 4. The number of carbonyl (C=O) groups is 1. The molecule has 2 fully saturated rings. The molecule has 1 unspecified atom stereocenters. The van der Waals surface area contributed by atoms with Gasteiger partial charge in [-0.1, -0.05) is 18.2 Å². The maximum atomic E-state index is 12.3. The molecule has 0 spiro atoms. The second-order valence-corrected chi connectivity index (χ2v) is 6.74. The zero-order valence-electron chi connectivity index (χ0n) is 14.8. The minimum atomic E-state index is -0.191. The van der Waals surface area contributed by atoms with Crippen LogP contribution in [0.5, 0.6) is 5.75 Å². The van der Waals surface area contributed by atoms with Crippen LogP contribution in [-0.2, 0) is 9.53 Å². The van der Waals surface area contributed by atoms with Crippen LogP contribution in [0.4, 0.5) is 0 Å². The Kier molecular flexibility index (Phi) is 5.74. The third kappa shape index (κ3) is 4.08. The first-order chi connectivity index (χ1) is 11.6. The highest BCUT2D eigenvalue weighted by Crippen LogP contribution is 2.22. The molecule has 2 saturated heterocycles. The van der Waals surface area contributed by atoms with E-state index in [9.17, 15) is 4.79 Å². The molecule has 1 aromatic carbocycles. The quantitative estimate of drug-likeness (QED) is 0.827. The van der Waals surface area contributed by atoms with E-state index in [1.165, 1.54) is 11.1 Å². The van der Waals surface area contributed by atoms with E-state index in [1.54, 1.807) is 0 Å². The van der Waals surface area contributed by atoms with Gasteiger partial charge in [0.1, 0.15) is 18.5 Å². The van der Waals surface area contributed by atoms with Crippen molar-refractivity contribution in [2.24, 2.45) is 0 Å². The van der Waals surface area contributed by atoms with E-state index >= 15 is 0 Å². The minimum Gasteiger partial charge on any atom is -0.492 e. The number of hydrogen-bond donors (Lipinski definition) is 0. The first-order valence-corrected chi connectivity index (χ1v) is 8.97. The third-order valence-corrected chi connectivity index (χ3v) is 4.95. The second kappa shape index (κ2) is 7.99. The first kappa shape index (κ1) is 17.2. The molecular formula is C19H28N2O3. The second-order valence-electron chi connectivity index (χ2n) is 6.74. The molecule has 0 saturated carbocycles. The van der Waals surface area contributed by atoms with Gasteiger partial charge in [0.15, 0.2) is 0 Å². The molecule has 1 atom stereocenters. The lowest BCUT2D eigenvalue weighted by atomic mass is 10.1. The van der Waals surface area contributed by atoms with Crippen LogP contribution in [0, 0.1) is 13.8 Å². The Bertz CT molecular complexity index is 541. The van der Waals surface area contributed by atoms with E-state index in [0.29, 0.717) is 6.61 Å². The summed E-state index contributed by atoms with van der Waals surface area (Å²) in [4.78, 5) is 16.7. The van der Waals surface area contributed by atoms with Crippen molar-refractivity contribution in [2.75, 3.05) is 45.9 Å². The van der Waals surface area contributed by atoms with E-state index in [0.717, 1.165) is 57.9 Å². The van der Waals surface area contributed by atoms with Crippen LogP contribution in [-0.4, -0.2) is 67.7 Å². The number of piperazine rings is 1. The number of benzene rings is 1. The molecule has 1 amide bonds. The summed E-state index contributed by atoms with van der Waals surface area (Å²) >= 11 is 0. The van der Waals surface area contributed by atoms with Crippen LogP contribution < -0.4 is 4.74 Å². The van der Waals surface area contributed by atoms with E-state index in [4.69, 9.17) is 9.47 Å². The minimum absolute atomic E-state index is 0.180. The summed E-state index contributed by atoms with van der Waals surface area (Å²) in [5.74, 6) is 1.18. The van der Waals surface area contributed by atoms with Crippen LogP contribution in [0.15, 0.2) is 18.2 Å². The van der Waals surface area contributed by atoms with E-state index < -0.39 is 0 Å². The van der Waals surface area contributed by atoms with Gasteiger partial charge < -0.3 is 14.4 Å². The summed E-state index contributed by atoms with van der Waals surface area (Å²) in [5.41, 5.74) is 2.36. The summed E-state index contributed by atoms with van der Waals surface area (Å²) in [6.07, 6.45) is 1.69. The van der Waals surface area contributed by atoms with Crippen LogP contribution in [0.2, 0.25) is 0 Å². The molecule has 3 rings (SSSR count). The average Bonchev–Trinajstić information content (AvgIpc) is 3.12. The lowest BCUT2D eigenvalue weighted by Gasteiger charge is -2.35. The monoisotopic (exact) mass is 332 g/mol. The molecule has 0 radical (unpaired) electrons. The number of nitrogens with zero attached hydrogens (tertiary/aromatic N) is 2. The summed E-state index contributed by atoms with van der Waals surface area (Å²) in [7, 11) is 0. The maximum Gasteiger partial charge on any atom is 0.251 e. The topological polar surface area (TPSA) is 42.0 Å². The van der Waals surface area contributed by atoms with Gasteiger partial charge in [-0.15, -0.1) is 0 Å². The normalized spacial score (nSPS) is 21.9. The maximum absolute atomic E-state index is 12.3. The molecule has 24 heavy (non-hydrogen) atoms. The molecule has 0 N–H and O–H groups in total. The Morgan fingerprint density at radius 3 is 2.54 bits per heavy atom. The van der Waals surface area contributed by atoms with Gasteiger partial charge in [-0.3, -0.25) is 9.69 Å². The van der Waals surface area contributed by atoms with Gasteiger partial charge in [-0.25, -0.2) is 0 Å². The Labute approximate surface area is 144 Å². The number of amides is 1. The first-order valence-electron chi connectivity index (χ1n) is 8.97. The average molecular weight is 332 g/mol. The highest BCUT2D eigenvalue weighted by Gasteiger charge is 2.30. The van der Waals surface area contributed by atoms with Gasteiger partial charge in [0.25, 0.3) is 5.91 Å². The summed E-state index contributed by atoms with van der Waals surface area (Å²) in [5, 5.41) is 0. The smallest absolute Gasteiger partial charge is 0.251 e. The van der Waals surface area contributed by atoms with E-state index in [1.807, 2.05) is 4.90 Å². The lowest BCUT2D eigenvalue weighted by Crippen LogP contribution is -2.52. The zero-order chi connectivity index (χ0) is 16.9. The Morgan fingerprint density at radius 1 is 1.21 bits per heavy atom. The SMILES string of the molecule is Cc1cccc(C)c1OCCN1CCN(C(=O)C2CCCO2)CC1. The van der Waals surface area contributed by atoms with Gasteiger partial charge in [-0.2, -0.15) is 0 Å². The van der Waals surface area contributed by atoms with Crippen molar-refractivity contribution in [3.63, 3.8) is 0 Å². The number of para-hydroxylation sites is 1. The van der Waals surface area contributed by atoms with Crippen LogP contribution in [0.3, 0.4) is 0 Å².